The molecule has 6 rings (SSSR count). The fraction of sp³-hybridized carbons (Fsp3) is 0.485. The largest absolute Gasteiger partial charge is 0.462 e. The Morgan fingerprint density at radius 3 is 2.39 bits per heavy atom. The number of alkyl halides is 2. The Morgan fingerprint density at radius 1 is 0.977 bits per heavy atom. The third-order valence-corrected chi connectivity index (χ3v) is 9.40. The number of piperazine rings is 1. The fourth-order valence-corrected chi connectivity index (χ4v) is 6.75. The molecule has 1 aromatic heterocycles. The number of ether oxygens (including phenoxy) is 1. The maximum atomic E-state index is 14.2. The minimum atomic E-state index is -2.86. The summed E-state index contributed by atoms with van der Waals surface area (Å²) in [7, 11) is 0. The molecule has 3 aromatic rings. The maximum Gasteiger partial charge on any atom is 0.341 e. The minimum Gasteiger partial charge on any atom is -0.462 e. The number of hydrogen-bond acceptors (Lipinski definition) is 6. The van der Waals surface area contributed by atoms with Crippen molar-refractivity contribution in [2.24, 2.45) is 5.92 Å². The van der Waals surface area contributed by atoms with E-state index in [1.165, 1.54) is 17.3 Å². The van der Waals surface area contributed by atoms with Crippen LogP contribution in [0.15, 0.2) is 48.7 Å². The Morgan fingerprint density at radius 2 is 1.73 bits per heavy atom. The number of carbonyl (C=O) groups excluding carboxylic acids is 2. The summed E-state index contributed by atoms with van der Waals surface area (Å²) in [6.45, 7) is 6.04. The van der Waals surface area contributed by atoms with Crippen LogP contribution in [-0.2, 0) is 9.53 Å². The van der Waals surface area contributed by atoms with Crippen LogP contribution in [0.5, 0.6) is 0 Å². The first-order valence-electron chi connectivity index (χ1n) is 15.6. The molecule has 1 aliphatic carbocycles. The number of piperidine rings is 1. The van der Waals surface area contributed by atoms with Crippen molar-refractivity contribution in [3.05, 3.63) is 64.9 Å². The molecule has 11 heteroatoms. The second-order valence-electron chi connectivity index (χ2n) is 11.8. The van der Waals surface area contributed by atoms with Gasteiger partial charge in [-0.05, 0) is 62.4 Å². The van der Waals surface area contributed by atoms with Crippen LogP contribution in [0.4, 0.5) is 20.2 Å². The number of hydrogen-bond donors (Lipinski definition) is 0. The van der Waals surface area contributed by atoms with Crippen molar-refractivity contribution in [2.75, 3.05) is 55.7 Å². The van der Waals surface area contributed by atoms with Gasteiger partial charge in [0.2, 0.25) is 5.91 Å². The molecule has 1 amide bonds. The molecule has 234 valence electrons. The van der Waals surface area contributed by atoms with Crippen LogP contribution >= 0.6 is 11.6 Å². The van der Waals surface area contributed by atoms with Crippen LogP contribution in [0, 0.1) is 5.92 Å². The van der Waals surface area contributed by atoms with Gasteiger partial charge < -0.3 is 19.4 Å². The first-order chi connectivity index (χ1) is 21.3. The van der Waals surface area contributed by atoms with Gasteiger partial charge in [-0.3, -0.25) is 9.48 Å². The quantitative estimate of drug-likeness (QED) is 0.263. The van der Waals surface area contributed by atoms with Gasteiger partial charge in [-0.15, -0.1) is 0 Å². The van der Waals surface area contributed by atoms with E-state index in [1.54, 1.807) is 6.92 Å². The predicted octanol–water partition coefficient (Wildman–Crippen LogP) is 6.61. The fourth-order valence-electron chi connectivity index (χ4n) is 6.58. The van der Waals surface area contributed by atoms with Gasteiger partial charge in [-0.25, -0.2) is 13.6 Å². The maximum absolute atomic E-state index is 14.2. The van der Waals surface area contributed by atoms with Gasteiger partial charge in [0.05, 0.1) is 18.8 Å². The van der Waals surface area contributed by atoms with Crippen LogP contribution in [-0.4, -0.2) is 72.4 Å². The van der Waals surface area contributed by atoms with Gasteiger partial charge in [0.25, 0.3) is 6.43 Å². The summed E-state index contributed by atoms with van der Waals surface area (Å²) in [6, 6.07) is 13.9. The van der Waals surface area contributed by atoms with Crippen molar-refractivity contribution in [3.63, 3.8) is 0 Å². The second-order valence-corrected chi connectivity index (χ2v) is 12.2. The molecule has 8 nitrogen and oxygen atoms in total. The van der Waals surface area contributed by atoms with E-state index in [0.29, 0.717) is 23.9 Å². The molecule has 3 heterocycles. The first-order valence-corrected chi connectivity index (χ1v) is 15.9. The van der Waals surface area contributed by atoms with Crippen molar-refractivity contribution >= 4 is 34.9 Å². The van der Waals surface area contributed by atoms with Gasteiger partial charge in [-0.1, -0.05) is 36.2 Å². The standard InChI is InChI=1S/C33H38ClF2N5O3/c1-2-44-33(43)28-20-37-41(30(28)31(35)36)26-7-4-14-40(21-26)29-19-24(34)10-13-27(29)22-8-11-25(12-9-22)38-15-17-39(18-16-38)32(42)23-5-3-6-23/h8-13,19-20,23,26,31H,2-7,14-18,21H2,1H3. The van der Waals surface area contributed by atoms with Crippen molar-refractivity contribution in [2.45, 2.75) is 51.5 Å². The normalized spacial score (nSPS) is 19.3. The van der Waals surface area contributed by atoms with Crippen LogP contribution in [0.3, 0.4) is 0 Å². The Balaban J connectivity index is 1.19. The summed E-state index contributed by atoms with van der Waals surface area (Å²) in [5.74, 6) is -0.234. The Bertz CT molecular complexity index is 1490. The lowest BCUT2D eigenvalue weighted by Gasteiger charge is -2.39. The van der Waals surface area contributed by atoms with Gasteiger partial charge >= 0.3 is 5.97 Å². The van der Waals surface area contributed by atoms with Gasteiger partial charge in [-0.2, -0.15) is 5.10 Å². The predicted molar refractivity (Wildman–Crippen MR) is 167 cm³/mol. The summed E-state index contributed by atoms with van der Waals surface area (Å²) in [5, 5.41) is 4.82. The zero-order chi connectivity index (χ0) is 30.8. The molecule has 2 aromatic carbocycles. The van der Waals surface area contributed by atoms with Crippen molar-refractivity contribution < 1.29 is 23.1 Å². The van der Waals surface area contributed by atoms with Gasteiger partial charge in [0.15, 0.2) is 0 Å². The molecule has 1 atom stereocenters. The summed E-state index contributed by atoms with van der Waals surface area (Å²) in [6.07, 6.45) is 2.98. The number of halogens is 3. The highest BCUT2D eigenvalue weighted by Crippen LogP contribution is 2.38. The minimum absolute atomic E-state index is 0.0977. The Kier molecular flexibility index (Phi) is 9.07. The molecule has 0 radical (unpaired) electrons. The number of rotatable bonds is 8. The van der Waals surface area contributed by atoms with Crippen molar-refractivity contribution in [1.29, 1.82) is 0 Å². The van der Waals surface area contributed by atoms with E-state index in [-0.39, 0.29) is 24.1 Å². The summed E-state index contributed by atoms with van der Waals surface area (Å²) < 4.78 is 34.7. The number of anilines is 2. The molecule has 44 heavy (non-hydrogen) atoms. The van der Waals surface area contributed by atoms with E-state index in [9.17, 15) is 18.4 Å². The highest BCUT2D eigenvalue weighted by Gasteiger charge is 2.33. The van der Waals surface area contributed by atoms with Crippen LogP contribution < -0.4 is 9.80 Å². The summed E-state index contributed by atoms with van der Waals surface area (Å²) in [5.41, 5.74) is 3.49. The lowest BCUT2D eigenvalue weighted by Crippen LogP contribution is -2.51. The zero-order valence-corrected chi connectivity index (χ0v) is 25.7. The van der Waals surface area contributed by atoms with E-state index in [0.717, 1.165) is 74.5 Å². The lowest BCUT2D eigenvalue weighted by molar-refractivity contribution is -0.138. The van der Waals surface area contributed by atoms with E-state index in [4.69, 9.17) is 16.3 Å². The highest BCUT2D eigenvalue weighted by molar-refractivity contribution is 6.31. The topological polar surface area (TPSA) is 70.9 Å². The second kappa shape index (κ2) is 13.1. The number of carbonyl (C=O) groups is 2. The number of esters is 1. The average molecular weight is 626 g/mol. The van der Waals surface area contributed by atoms with Crippen LogP contribution in [0.2, 0.25) is 5.02 Å². The van der Waals surface area contributed by atoms with E-state index < -0.39 is 18.1 Å². The van der Waals surface area contributed by atoms with Crippen molar-refractivity contribution in [1.82, 2.24) is 14.7 Å². The summed E-state index contributed by atoms with van der Waals surface area (Å²) >= 11 is 6.48. The molecule has 0 bridgehead atoms. The molecule has 0 N–H and O–H groups in total. The SMILES string of the molecule is CCOC(=O)c1cnn(C2CCCN(c3cc(Cl)ccc3-c3ccc(N4CCN(C(=O)C5CCC5)CC4)cc3)C2)c1C(F)F. The van der Waals surface area contributed by atoms with Crippen molar-refractivity contribution in [3.8, 4) is 11.1 Å². The molecule has 2 saturated heterocycles. The zero-order valence-electron chi connectivity index (χ0n) is 24.9. The number of aromatic nitrogens is 2. The van der Waals surface area contributed by atoms with Gasteiger partial charge in [0, 0.05) is 67.1 Å². The third-order valence-electron chi connectivity index (χ3n) is 9.17. The number of benzene rings is 2. The summed E-state index contributed by atoms with van der Waals surface area (Å²) in [4.78, 5) is 31.5. The number of nitrogens with zero attached hydrogens (tertiary/aromatic N) is 5. The highest BCUT2D eigenvalue weighted by atomic mass is 35.5. The average Bonchev–Trinajstić information content (AvgIpc) is 3.47. The van der Waals surface area contributed by atoms with E-state index in [2.05, 4.69) is 39.2 Å². The smallest absolute Gasteiger partial charge is 0.341 e. The molecular weight excluding hydrogens is 588 g/mol. The molecule has 0 spiro atoms. The van der Waals surface area contributed by atoms with Gasteiger partial charge in [0.1, 0.15) is 11.3 Å². The first kappa shape index (κ1) is 30.4. The molecule has 1 unspecified atom stereocenters. The molecule has 3 fully saturated rings. The molecular formula is C33H38ClF2N5O3. The molecule has 3 aliphatic rings. The Hall–Kier alpha value is -3.66. The monoisotopic (exact) mass is 625 g/mol. The van der Waals surface area contributed by atoms with E-state index >= 15 is 0 Å². The van der Waals surface area contributed by atoms with E-state index in [1.807, 2.05) is 23.1 Å². The molecule has 1 saturated carbocycles. The van der Waals surface area contributed by atoms with Crippen LogP contribution in [0.25, 0.3) is 11.1 Å². The number of amides is 1. The Labute approximate surface area is 261 Å². The third kappa shape index (κ3) is 6.14. The van der Waals surface area contributed by atoms with Crippen LogP contribution in [0.1, 0.15) is 67.5 Å². The molecule has 2 aliphatic heterocycles. The lowest BCUT2D eigenvalue weighted by atomic mass is 9.84.